The van der Waals surface area contributed by atoms with E-state index >= 15 is 0 Å². The zero-order chi connectivity index (χ0) is 18.0. The fourth-order valence-electron chi connectivity index (χ4n) is 2.47. The highest BCUT2D eigenvalue weighted by Crippen LogP contribution is 2.21. The lowest BCUT2D eigenvalue weighted by molar-refractivity contribution is -0.147. The molecule has 8 heteroatoms. The molecule has 1 aromatic heterocycles. The average molecular weight is 364 g/mol. The number of hydrogen-bond donors (Lipinski definition) is 0. The molecular weight excluding hydrogens is 348 g/mol. The lowest BCUT2D eigenvalue weighted by Gasteiger charge is -2.06. The summed E-state index contributed by atoms with van der Waals surface area (Å²) >= 11 is 0. The van der Waals surface area contributed by atoms with Gasteiger partial charge in [0.2, 0.25) is 11.9 Å². The van der Waals surface area contributed by atoms with Gasteiger partial charge in [-0.05, 0) is 31.2 Å². The highest BCUT2D eigenvalue weighted by atomic mass is 32.2. The van der Waals surface area contributed by atoms with Crippen LogP contribution in [-0.4, -0.2) is 32.6 Å². The molecule has 0 saturated carbocycles. The van der Waals surface area contributed by atoms with Gasteiger partial charge in [0.05, 0.1) is 4.90 Å². The number of furan rings is 1. The second-order valence-corrected chi connectivity index (χ2v) is 7.70. The Balaban J connectivity index is 1.68. The van der Waals surface area contributed by atoms with Gasteiger partial charge < -0.3 is 13.9 Å². The molecule has 3 rings (SSSR count). The molecule has 0 spiro atoms. The smallest absolute Gasteiger partial charge is 0.375 e. The van der Waals surface area contributed by atoms with Crippen LogP contribution in [0, 0.1) is 0 Å². The van der Waals surface area contributed by atoms with Crippen LogP contribution < -0.4 is 0 Å². The third kappa shape index (κ3) is 3.90. The highest BCUT2D eigenvalue weighted by molar-refractivity contribution is 7.90. The Kier molecular flexibility index (Phi) is 4.63. The fourth-order valence-corrected chi connectivity index (χ4v) is 3.74. The summed E-state index contributed by atoms with van der Waals surface area (Å²) in [5.41, 5.74) is 0. The summed E-state index contributed by atoms with van der Waals surface area (Å²) in [4.78, 5) is 23.7. The molecular formula is C17H16O7S. The van der Waals surface area contributed by atoms with Crippen molar-refractivity contribution in [3.63, 3.8) is 0 Å². The van der Waals surface area contributed by atoms with Crippen molar-refractivity contribution in [3.05, 3.63) is 54.0 Å². The summed E-state index contributed by atoms with van der Waals surface area (Å²) in [5, 5.41) is 0. The van der Waals surface area contributed by atoms with Crippen LogP contribution in [0.5, 0.6) is 0 Å². The number of benzene rings is 1. The molecule has 0 N–H and O–H groups in total. The highest BCUT2D eigenvalue weighted by Gasteiger charge is 2.35. The van der Waals surface area contributed by atoms with Crippen molar-refractivity contribution >= 4 is 21.8 Å². The van der Waals surface area contributed by atoms with E-state index in [2.05, 4.69) is 0 Å². The van der Waals surface area contributed by atoms with E-state index in [1.54, 1.807) is 25.1 Å². The van der Waals surface area contributed by atoms with Crippen LogP contribution in [0.25, 0.3) is 0 Å². The van der Waals surface area contributed by atoms with Crippen LogP contribution in [0.15, 0.2) is 51.8 Å². The quantitative estimate of drug-likeness (QED) is 0.749. The number of cyclic esters (lactones) is 1. The normalized spacial score (nSPS) is 20.3. The maximum absolute atomic E-state index is 12.3. The first kappa shape index (κ1) is 17.2. The summed E-state index contributed by atoms with van der Waals surface area (Å²) in [5.74, 6) is -1.87. The molecule has 2 heterocycles. The van der Waals surface area contributed by atoms with Crippen LogP contribution >= 0.6 is 0 Å². The number of carbonyl (C=O) groups is 2. The summed E-state index contributed by atoms with van der Waals surface area (Å²) in [7, 11) is -3.58. The number of carbonyl (C=O) groups excluding carboxylic acids is 2. The molecule has 1 saturated heterocycles. The molecule has 2 aromatic rings. The minimum atomic E-state index is -3.58. The van der Waals surface area contributed by atoms with E-state index < -0.39 is 27.9 Å². The third-order valence-electron chi connectivity index (χ3n) is 3.67. The van der Waals surface area contributed by atoms with E-state index in [4.69, 9.17) is 13.9 Å². The van der Waals surface area contributed by atoms with Crippen molar-refractivity contribution in [1.29, 1.82) is 0 Å². The van der Waals surface area contributed by atoms with Gasteiger partial charge in [-0.3, -0.25) is 0 Å². The van der Waals surface area contributed by atoms with Gasteiger partial charge in [0, 0.05) is 6.42 Å². The van der Waals surface area contributed by atoms with Crippen LogP contribution in [0.2, 0.25) is 0 Å². The molecule has 132 valence electrons. The van der Waals surface area contributed by atoms with E-state index in [1.165, 1.54) is 24.3 Å². The minimum absolute atomic E-state index is 0.109. The second kappa shape index (κ2) is 6.72. The average Bonchev–Trinajstić information content (AvgIpc) is 3.14. The van der Waals surface area contributed by atoms with E-state index in [-0.39, 0.29) is 34.7 Å². The Morgan fingerprint density at radius 3 is 2.56 bits per heavy atom. The number of ether oxygens (including phenoxy) is 2. The molecule has 2 unspecified atom stereocenters. The zero-order valence-electron chi connectivity index (χ0n) is 13.4. The van der Waals surface area contributed by atoms with Gasteiger partial charge in [0.15, 0.2) is 9.84 Å². The van der Waals surface area contributed by atoms with Crippen molar-refractivity contribution in [1.82, 2.24) is 0 Å². The Bertz CT molecular complexity index is 883. The molecule has 1 aliphatic rings. The molecule has 0 amide bonds. The molecule has 1 aliphatic heterocycles. The second-order valence-electron chi connectivity index (χ2n) is 5.72. The summed E-state index contributed by atoms with van der Waals surface area (Å²) in [6, 6.07) is 10.7. The van der Waals surface area contributed by atoms with Crippen molar-refractivity contribution in [2.75, 3.05) is 0 Å². The first-order valence-electron chi connectivity index (χ1n) is 7.63. The van der Waals surface area contributed by atoms with Crippen molar-refractivity contribution in [3.8, 4) is 0 Å². The Hall–Kier alpha value is -2.61. The molecule has 7 nitrogen and oxygen atoms in total. The topological polar surface area (TPSA) is 99.9 Å². The van der Waals surface area contributed by atoms with Gasteiger partial charge in [-0.25, -0.2) is 18.0 Å². The maximum Gasteiger partial charge on any atom is 0.375 e. The molecule has 1 fully saturated rings. The van der Waals surface area contributed by atoms with E-state index in [0.29, 0.717) is 0 Å². The van der Waals surface area contributed by atoms with E-state index in [0.717, 1.165) is 0 Å². The summed E-state index contributed by atoms with van der Waals surface area (Å²) < 4.78 is 39.8. The standard InChI is InChI=1S/C17H16O7S/c1-11-9-15(17(19)22-11)24-16(18)14-8-7-12(23-14)10-25(20,21)13-5-3-2-4-6-13/h2-8,11,15H,9-10H2,1H3. The van der Waals surface area contributed by atoms with Crippen LogP contribution in [0.3, 0.4) is 0 Å². The van der Waals surface area contributed by atoms with E-state index in [9.17, 15) is 18.0 Å². The molecule has 1 aromatic carbocycles. The largest absolute Gasteiger partial charge is 0.460 e. The summed E-state index contributed by atoms with van der Waals surface area (Å²) in [6.45, 7) is 1.70. The number of hydrogen-bond acceptors (Lipinski definition) is 7. The van der Waals surface area contributed by atoms with Crippen molar-refractivity contribution in [2.45, 2.75) is 36.2 Å². The first-order chi connectivity index (χ1) is 11.8. The molecule has 2 atom stereocenters. The van der Waals surface area contributed by atoms with Gasteiger partial charge in [-0.15, -0.1) is 0 Å². The fraction of sp³-hybridized carbons (Fsp3) is 0.294. The third-order valence-corrected chi connectivity index (χ3v) is 5.33. The predicted octanol–water partition coefficient (Wildman–Crippen LogP) is 2.11. The van der Waals surface area contributed by atoms with E-state index in [1.807, 2.05) is 0 Å². The van der Waals surface area contributed by atoms with Gasteiger partial charge >= 0.3 is 11.9 Å². The number of rotatable bonds is 5. The van der Waals surface area contributed by atoms with Crippen LogP contribution in [0.1, 0.15) is 29.7 Å². The SMILES string of the molecule is CC1CC(OC(=O)c2ccc(CS(=O)(=O)c3ccccc3)o2)C(=O)O1. The van der Waals surface area contributed by atoms with Gasteiger partial charge in [0.1, 0.15) is 17.6 Å². The lowest BCUT2D eigenvalue weighted by atomic mass is 10.2. The lowest BCUT2D eigenvalue weighted by Crippen LogP contribution is -2.22. The minimum Gasteiger partial charge on any atom is -0.460 e. The van der Waals surface area contributed by atoms with Gasteiger partial charge in [-0.2, -0.15) is 0 Å². The Morgan fingerprint density at radius 1 is 1.20 bits per heavy atom. The Labute approximate surface area is 144 Å². The molecule has 0 bridgehead atoms. The number of esters is 2. The summed E-state index contributed by atoms with van der Waals surface area (Å²) in [6.07, 6.45) is -1.00. The van der Waals surface area contributed by atoms with Crippen LogP contribution in [-0.2, 0) is 29.9 Å². The van der Waals surface area contributed by atoms with Crippen molar-refractivity contribution in [2.24, 2.45) is 0 Å². The zero-order valence-corrected chi connectivity index (χ0v) is 14.2. The van der Waals surface area contributed by atoms with Crippen LogP contribution in [0.4, 0.5) is 0 Å². The number of sulfone groups is 1. The molecule has 25 heavy (non-hydrogen) atoms. The monoisotopic (exact) mass is 364 g/mol. The first-order valence-corrected chi connectivity index (χ1v) is 9.28. The van der Waals surface area contributed by atoms with Crippen molar-refractivity contribution < 1.29 is 31.9 Å². The van der Waals surface area contributed by atoms with Gasteiger partial charge in [0.25, 0.3) is 0 Å². The predicted molar refractivity (Wildman–Crippen MR) is 85.4 cm³/mol. The van der Waals surface area contributed by atoms with Gasteiger partial charge in [-0.1, -0.05) is 18.2 Å². The molecule has 0 radical (unpaired) electrons. The Morgan fingerprint density at radius 2 is 1.92 bits per heavy atom. The maximum atomic E-state index is 12.3. The molecule has 0 aliphatic carbocycles.